The smallest absolute Gasteiger partial charge is 0.303 e. The van der Waals surface area contributed by atoms with E-state index in [-0.39, 0.29) is 12.3 Å². The van der Waals surface area contributed by atoms with Crippen LogP contribution in [0.15, 0.2) is 48.5 Å². The molecule has 0 aliphatic carbocycles. The number of nitrogens with two attached hydrogens (primary N) is 1. The van der Waals surface area contributed by atoms with E-state index < -0.39 is 5.97 Å². The molecule has 21 heavy (non-hydrogen) atoms. The number of anilines is 2. The molecule has 108 valence electrons. The molecule has 0 aliphatic rings. The molecule has 0 atom stereocenters. The van der Waals surface area contributed by atoms with Crippen LogP contribution in [0.5, 0.6) is 0 Å². The second-order valence-corrected chi connectivity index (χ2v) is 4.63. The van der Waals surface area contributed by atoms with E-state index >= 15 is 0 Å². The first-order valence-corrected chi connectivity index (χ1v) is 6.53. The van der Waals surface area contributed by atoms with Gasteiger partial charge in [-0.25, -0.2) is 0 Å². The Morgan fingerprint density at radius 1 is 1.10 bits per heavy atom. The van der Waals surface area contributed by atoms with E-state index in [1.165, 1.54) is 0 Å². The number of carbonyl (C=O) groups is 2. The molecular weight excluding hydrogens is 268 g/mol. The number of carboxylic acid groups (broad SMARTS) is 1. The summed E-state index contributed by atoms with van der Waals surface area (Å²) in [4.78, 5) is 22.8. The molecule has 0 fully saturated rings. The Kier molecular flexibility index (Phi) is 4.56. The predicted octanol–water partition coefficient (Wildman–Crippen LogP) is 2.54. The van der Waals surface area contributed by atoms with Gasteiger partial charge in [0.15, 0.2) is 0 Å². The number of aliphatic carboxylic acids is 1. The fourth-order valence-electron chi connectivity index (χ4n) is 1.98. The van der Waals surface area contributed by atoms with Crippen molar-refractivity contribution in [2.45, 2.75) is 12.8 Å². The van der Waals surface area contributed by atoms with Crippen molar-refractivity contribution in [1.82, 2.24) is 0 Å². The van der Waals surface area contributed by atoms with Gasteiger partial charge >= 0.3 is 5.97 Å². The Bertz CT molecular complexity index is 668. The Morgan fingerprint density at radius 3 is 2.57 bits per heavy atom. The number of carboxylic acids is 1. The van der Waals surface area contributed by atoms with Gasteiger partial charge in [-0.2, -0.15) is 0 Å². The molecule has 1 amide bonds. The van der Waals surface area contributed by atoms with E-state index in [0.717, 1.165) is 5.56 Å². The number of rotatable bonds is 5. The van der Waals surface area contributed by atoms with Crippen molar-refractivity contribution in [3.63, 3.8) is 0 Å². The summed E-state index contributed by atoms with van der Waals surface area (Å²) in [6.45, 7) is 0. The maximum absolute atomic E-state index is 12.2. The molecule has 2 aromatic carbocycles. The number of amides is 1. The summed E-state index contributed by atoms with van der Waals surface area (Å²) < 4.78 is 0. The number of nitrogen functional groups attached to an aromatic ring is 1. The van der Waals surface area contributed by atoms with Crippen molar-refractivity contribution in [2.75, 3.05) is 11.1 Å². The molecule has 0 radical (unpaired) electrons. The van der Waals surface area contributed by atoms with Crippen LogP contribution in [0.4, 0.5) is 11.4 Å². The number of carbonyl (C=O) groups excluding carboxylic acids is 1. The molecule has 0 saturated carbocycles. The van der Waals surface area contributed by atoms with E-state index in [1.807, 2.05) is 6.07 Å². The molecule has 0 spiro atoms. The zero-order chi connectivity index (χ0) is 15.2. The zero-order valence-electron chi connectivity index (χ0n) is 11.4. The summed E-state index contributed by atoms with van der Waals surface area (Å²) >= 11 is 0. The predicted molar refractivity (Wildman–Crippen MR) is 81.2 cm³/mol. The normalized spacial score (nSPS) is 10.1. The van der Waals surface area contributed by atoms with Gasteiger partial charge in [-0.3, -0.25) is 9.59 Å². The van der Waals surface area contributed by atoms with E-state index in [2.05, 4.69) is 5.32 Å². The summed E-state index contributed by atoms with van der Waals surface area (Å²) in [5.41, 5.74) is 8.04. The van der Waals surface area contributed by atoms with Crippen molar-refractivity contribution in [2.24, 2.45) is 0 Å². The fourth-order valence-corrected chi connectivity index (χ4v) is 1.98. The minimum absolute atomic E-state index is 0.0190. The summed E-state index contributed by atoms with van der Waals surface area (Å²) in [7, 11) is 0. The lowest BCUT2D eigenvalue weighted by Crippen LogP contribution is -2.14. The van der Waals surface area contributed by atoms with E-state index in [9.17, 15) is 9.59 Å². The Labute approximate surface area is 122 Å². The third-order valence-electron chi connectivity index (χ3n) is 3.02. The number of hydrogen-bond donors (Lipinski definition) is 3. The number of benzene rings is 2. The first kappa shape index (κ1) is 14.6. The lowest BCUT2D eigenvalue weighted by atomic mass is 10.1. The van der Waals surface area contributed by atoms with Gasteiger partial charge in [0, 0.05) is 23.4 Å². The van der Waals surface area contributed by atoms with Gasteiger partial charge < -0.3 is 16.2 Å². The quantitative estimate of drug-likeness (QED) is 0.736. The Hall–Kier alpha value is -2.82. The average Bonchev–Trinajstić information content (AvgIpc) is 2.46. The Balaban J connectivity index is 2.15. The first-order chi connectivity index (χ1) is 10.1. The van der Waals surface area contributed by atoms with Gasteiger partial charge in [0.2, 0.25) is 0 Å². The van der Waals surface area contributed by atoms with Crippen molar-refractivity contribution < 1.29 is 14.7 Å². The standard InChI is InChI=1S/C16H16N2O3/c17-13-6-3-5-12(10-13)16(21)18-14-7-2-1-4-11(14)8-9-15(19)20/h1-7,10H,8-9,17H2,(H,18,21)(H,19,20). The molecule has 0 unspecified atom stereocenters. The molecule has 5 nitrogen and oxygen atoms in total. The number of aryl methyl sites for hydroxylation is 1. The van der Waals surface area contributed by atoms with Crippen LogP contribution in [-0.4, -0.2) is 17.0 Å². The van der Waals surface area contributed by atoms with Gasteiger partial charge in [0.1, 0.15) is 0 Å². The summed E-state index contributed by atoms with van der Waals surface area (Å²) in [5.74, 6) is -1.14. The summed E-state index contributed by atoms with van der Waals surface area (Å²) in [5, 5.41) is 11.5. The van der Waals surface area contributed by atoms with Crippen molar-refractivity contribution in [3.8, 4) is 0 Å². The van der Waals surface area contributed by atoms with E-state index in [4.69, 9.17) is 10.8 Å². The van der Waals surface area contributed by atoms with Gasteiger partial charge in [0.05, 0.1) is 0 Å². The SMILES string of the molecule is Nc1cccc(C(=O)Nc2ccccc2CCC(=O)O)c1. The molecule has 0 heterocycles. The molecular formula is C16H16N2O3. The van der Waals surface area contributed by atoms with Gasteiger partial charge in [-0.15, -0.1) is 0 Å². The summed E-state index contributed by atoms with van der Waals surface area (Å²) in [6.07, 6.45) is 0.383. The van der Waals surface area contributed by atoms with Gasteiger partial charge in [-0.1, -0.05) is 24.3 Å². The maximum Gasteiger partial charge on any atom is 0.303 e. The van der Waals surface area contributed by atoms with Crippen LogP contribution < -0.4 is 11.1 Å². The van der Waals surface area contributed by atoms with Crippen molar-refractivity contribution in [3.05, 3.63) is 59.7 Å². The topological polar surface area (TPSA) is 92.4 Å². The third-order valence-corrected chi connectivity index (χ3v) is 3.02. The first-order valence-electron chi connectivity index (χ1n) is 6.53. The molecule has 0 bridgehead atoms. The van der Waals surface area contributed by atoms with E-state index in [1.54, 1.807) is 42.5 Å². The van der Waals surface area contributed by atoms with Crippen LogP contribution in [0.25, 0.3) is 0 Å². The second-order valence-electron chi connectivity index (χ2n) is 4.63. The summed E-state index contributed by atoms with van der Waals surface area (Å²) in [6, 6.07) is 13.8. The lowest BCUT2D eigenvalue weighted by Gasteiger charge is -2.10. The molecule has 0 aromatic heterocycles. The third kappa shape index (κ3) is 4.07. The van der Waals surface area contributed by atoms with Crippen LogP contribution in [0, 0.1) is 0 Å². The zero-order valence-corrected chi connectivity index (χ0v) is 11.4. The van der Waals surface area contributed by atoms with Crippen molar-refractivity contribution in [1.29, 1.82) is 0 Å². The average molecular weight is 284 g/mol. The number of para-hydroxylation sites is 1. The highest BCUT2D eigenvalue weighted by molar-refractivity contribution is 6.05. The largest absolute Gasteiger partial charge is 0.481 e. The van der Waals surface area contributed by atoms with Crippen LogP contribution in [0.3, 0.4) is 0 Å². The lowest BCUT2D eigenvalue weighted by molar-refractivity contribution is -0.136. The highest BCUT2D eigenvalue weighted by atomic mass is 16.4. The van der Waals surface area contributed by atoms with Crippen molar-refractivity contribution >= 4 is 23.3 Å². The fraction of sp³-hybridized carbons (Fsp3) is 0.125. The monoisotopic (exact) mass is 284 g/mol. The number of nitrogens with one attached hydrogen (secondary N) is 1. The van der Waals surface area contributed by atoms with Crippen LogP contribution in [0.1, 0.15) is 22.3 Å². The highest BCUT2D eigenvalue weighted by Gasteiger charge is 2.10. The van der Waals surface area contributed by atoms with Crippen LogP contribution in [-0.2, 0) is 11.2 Å². The molecule has 2 rings (SSSR count). The maximum atomic E-state index is 12.2. The molecule has 2 aromatic rings. The minimum atomic E-state index is -0.869. The minimum Gasteiger partial charge on any atom is -0.481 e. The molecule has 0 aliphatic heterocycles. The number of hydrogen-bond acceptors (Lipinski definition) is 3. The van der Waals surface area contributed by atoms with Gasteiger partial charge in [0.25, 0.3) is 5.91 Å². The van der Waals surface area contributed by atoms with E-state index in [0.29, 0.717) is 23.4 Å². The van der Waals surface area contributed by atoms with Crippen LogP contribution >= 0.6 is 0 Å². The molecule has 5 heteroatoms. The molecule has 0 saturated heterocycles. The van der Waals surface area contributed by atoms with Crippen LogP contribution in [0.2, 0.25) is 0 Å². The molecule has 4 N–H and O–H groups in total. The van der Waals surface area contributed by atoms with Gasteiger partial charge in [-0.05, 0) is 36.2 Å². The highest BCUT2D eigenvalue weighted by Crippen LogP contribution is 2.18. The Morgan fingerprint density at radius 2 is 1.86 bits per heavy atom. The second kappa shape index (κ2) is 6.56.